The van der Waals surface area contributed by atoms with Gasteiger partial charge in [-0.2, -0.15) is 0 Å². The number of nitrogens with zero attached hydrogens (tertiary/aromatic N) is 1. The van der Waals surface area contributed by atoms with E-state index in [1.165, 1.54) is 12.2 Å². The molecule has 21 heavy (non-hydrogen) atoms. The lowest BCUT2D eigenvalue weighted by Gasteiger charge is -2.13. The molecule has 0 fully saturated rings. The molecule has 2 aromatic carbocycles. The molecule has 0 aliphatic rings. The van der Waals surface area contributed by atoms with Gasteiger partial charge in [-0.3, -0.25) is 9.63 Å². The predicted molar refractivity (Wildman–Crippen MR) is 82.3 cm³/mol. The molecule has 3 heteroatoms. The van der Waals surface area contributed by atoms with Gasteiger partial charge in [0.1, 0.15) is 0 Å². The molecule has 0 atom stereocenters. The van der Waals surface area contributed by atoms with E-state index in [4.69, 9.17) is 4.84 Å². The van der Waals surface area contributed by atoms with Crippen LogP contribution in [0.1, 0.15) is 16.7 Å². The molecule has 0 radical (unpaired) electrons. The Morgan fingerprint density at radius 1 is 1.00 bits per heavy atom. The number of hydroxylamine groups is 2. The van der Waals surface area contributed by atoms with E-state index in [1.807, 2.05) is 54.6 Å². The fourth-order valence-electron chi connectivity index (χ4n) is 1.76. The molecule has 0 spiro atoms. The highest BCUT2D eigenvalue weighted by molar-refractivity contribution is 5.77. The van der Waals surface area contributed by atoms with Crippen LogP contribution in [0.25, 0.3) is 0 Å². The second-order valence-corrected chi connectivity index (χ2v) is 4.56. The molecule has 0 N–H and O–H groups in total. The summed E-state index contributed by atoms with van der Waals surface area (Å²) in [5.74, 6) is 6.13. The second-order valence-electron chi connectivity index (χ2n) is 4.56. The van der Waals surface area contributed by atoms with Gasteiger partial charge < -0.3 is 0 Å². The molecular weight excluding hydrogens is 262 g/mol. The molecule has 0 unspecified atom stereocenters. The summed E-state index contributed by atoms with van der Waals surface area (Å²) in [5, 5.41) is 1.23. The molecule has 0 aromatic heterocycles. The molecule has 0 bridgehead atoms. The number of carbonyl (C=O) groups is 1. The van der Waals surface area contributed by atoms with E-state index in [9.17, 15) is 4.79 Å². The maximum Gasteiger partial charge on any atom is 0.250 e. The summed E-state index contributed by atoms with van der Waals surface area (Å²) in [5.41, 5.74) is 2.85. The van der Waals surface area contributed by atoms with Gasteiger partial charge in [0.05, 0.1) is 13.5 Å². The molecule has 0 aliphatic heterocycles. The van der Waals surface area contributed by atoms with E-state index in [-0.39, 0.29) is 5.91 Å². The summed E-state index contributed by atoms with van der Waals surface area (Å²) in [6, 6.07) is 17.5. The Hall–Kier alpha value is -2.57. The quantitative estimate of drug-likeness (QED) is 0.638. The third kappa shape index (κ3) is 4.48. The minimum atomic E-state index is -0.0828. The number of hydrogen-bond donors (Lipinski definition) is 0. The summed E-state index contributed by atoms with van der Waals surface area (Å²) in [6.45, 7) is 0. The van der Waals surface area contributed by atoms with Gasteiger partial charge in [-0.05, 0) is 29.8 Å². The molecule has 0 aliphatic carbocycles. The van der Waals surface area contributed by atoms with Gasteiger partial charge in [-0.15, -0.1) is 0 Å². The highest BCUT2D eigenvalue weighted by Gasteiger charge is 2.08. The van der Waals surface area contributed by atoms with Crippen LogP contribution in [0, 0.1) is 11.8 Å². The summed E-state index contributed by atoms with van der Waals surface area (Å²) in [6.07, 6.45) is 0.316. The van der Waals surface area contributed by atoms with Crippen molar-refractivity contribution in [3.05, 3.63) is 71.3 Å². The molecule has 1 amide bonds. The van der Waals surface area contributed by atoms with Crippen molar-refractivity contribution in [1.29, 1.82) is 0 Å². The van der Waals surface area contributed by atoms with Crippen LogP contribution >= 0.6 is 0 Å². The molecule has 0 saturated heterocycles. The number of benzene rings is 2. The van der Waals surface area contributed by atoms with E-state index >= 15 is 0 Å². The average molecular weight is 279 g/mol. The fraction of sp³-hybridized carbons (Fsp3) is 0.167. The zero-order valence-electron chi connectivity index (χ0n) is 12.2. The third-order valence-electron chi connectivity index (χ3n) is 3.06. The van der Waals surface area contributed by atoms with Crippen molar-refractivity contribution in [2.24, 2.45) is 0 Å². The standard InChI is InChI=1S/C18H17NO2/c1-19(21-2)18(20)14-17-12-10-16(11-13-17)9-8-15-6-4-3-5-7-15/h3-7,10-13H,14H2,1-2H3. The zero-order chi connectivity index (χ0) is 15.1. The summed E-state index contributed by atoms with van der Waals surface area (Å²) < 4.78 is 0. The Labute approximate surface area is 125 Å². The van der Waals surface area contributed by atoms with E-state index in [0.29, 0.717) is 6.42 Å². The first-order valence-electron chi connectivity index (χ1n) is 6.65. The first-order chi connectivity index (χ1) is 10.2. The Bertz CT molecular complexity index is 651. The van der Waals surface area contributed by atoms with Crippen molar-refractivity contribution in [2.75, 3.05) is 14.2 Å². The maximum atomic E-state index is 11.7. The van der Waals surface area contributed by atoms with Gasteiger partial charge in [0, 0.05) is 18.2 Å². The average Bonchev–Trinajstić information content (AvgIpc) is 2.54. The van der Waals surface area contributed by atoms with Crippen molar-refractivity contribution in [2.45, 2.75) is 6.42 Å². The number of rotatable bonds is 3. The molecular formula is C18H17NO2. The molecule has 2 aromatic rings. The van der Waals surface area contributed by atoms with Crippen LogP contribution < -0.4 is 0 Å². The Balaban J connectivity index is 2.03. The van der Waals surface area contributed by atoms with Gasteiger partial charge in [0.15, 0.2) is 0 Å². The molecule has 3 nitrogen and oxygen atoms in total. The van der Waals surface area contributed by atoms with Gasteiger partial charge in [-0.1, -0.05) is 42.2 Å². The van der Waals surface area contributed by atoms with Crippen molar-refractivity contribution in [3.63, 3.8) is 0 Å². The van der Waals surface area contributed by atoms with Gasteiger partial charge in [-0.25, -0.2) is 5.06 Å². The maximum absolute atomic E-state index is 11.7. The molecule has 0 heterocycles. The number of likely N-dealkylation sites (N-methyl/N-ethyl adjacent to an activating group) is 1. The lowest BCUT2D eigenvalue weighted by atomic mass is 10.1. The van der Waals surface area contributed by atoms with E-state index in [0.717, 1.165) is 16.7 Å². The monoisotopic (exact) mass is 279 g/mol. The first kappa shape index (κ1) is 14.8. The third-order valence-corrected chi connectivity index (χ3v) is 3.06. The summed E-state index contributed by atoms with van der Waals surface area (Å²) >= 11 is 0. The van der Waals surface area contributed by atoms with Crippen LogP contribution in [0.2, 0.25) is 0 Å². The van der Waals surface area contributed by atoms with Crippen LogP contribution in [0.4, 0.5) is 0 Å². The number of hydrogen-bond acceptors (Lipinski definition) is 2. The van der Waals surface area contributed by atoms with Crippen LogP contribution in [0.5, 0.6) is 0 Å². The Morgan fingerprint density at radius 2 is 1.57 bits per heavy atom. The van der Waals surface area contributed by atoms with Gasteiger partial charge in [0.2, 0.25) is 5.91 Å². The minimum absolute atomic E-state index is 0.0828. The normalized spacial score (nSPS) is 9.62. The largest absolute Gasteiger partial charge is 0.275 e. The highest BCUT2D eigenvalue weighted by Crippen LogP contribution is 2.06. The van der Waals surface area contributed by atoms with Crippen LogP contribution in [0.15, 0.2) is 54.6 Å². The number of amides is 1. The highest BCUT2D eigenvalue weighted by atomic mass is 16.7. The smallest absolute Gasteiger partial charge is 0.250 e. The molecule has 106 valence electrons. The predicted octanol–water partition coefficient (Wildman–Crippen LogP) is 2.65. The van der Waals surface area contributed by atoms with Gasteiger partial charge in [0.25, 0.3) is 0 Å². The Morgan fingerprint density at radius 3 is 2.14 bits per heavy atom. The minimum Gasteiger partial charge on any atom is -0.275 e. The number of carbonyl (C=O) groups excluding carboxylic acids is 1. The molecule has 2 rings (SSSR count). The van der Waals surface area contributed by atoms with Crippen molar-refractivity contribution >= 4 is 5.91 Å². The zero-order valence-corrected chi connectivity index (χ0v) is 12.2. The molecule has 0 saturated carbocycles. The van der Waals surface area contributed by atoms with E-state index in [2.05, 4.69) is 11.8 Å². The van der Waals surface area contributed by atoms with E-state index in [1.54, 1.807) is 7.05 Å². The SMILES string of the molecule is CON(C)C(=O)Cc1ccc(C#Cc2ccccc2)cc1. The van der Waals surface area contributed by atoms with Crippen molar-refractivity contribution in [3.8, 4) is 11.8 Å². The summed E-state index contributed by atoms with van der Waals surface area (Å²) in [4.78, 5) is 16.6. The summed E-state index contributed by atoms with van der Waals surface area (Å²) in [7, 11) is 3.07. The van der Waals surface area contributed by atoms with Crippen LogP contribution in [0.3, 0.4) is 0 Å². The first-order valence-corrected chi connectivity index (χ1v) is 6.65. The van der Waals surface area contributed by atoms with E-state index < -0.39 is 0 Å². The van der Waals surface area contributed by atoms with Crippen molar-refractivity contribution < 1.29 is 9.63 Å². The van der Waals surface area contributed by atoms with Crippen molar-refractivity contribution in [1.82, 2.24) is 5.06 Å². The Kier molecular flexibility index (Phi) is 5.14. The fourth-order valence-corrected chi connectivity index (χ4v) is 1.76. The van der Waals surface area contributed by atoms with Crippen LogP contribution in [-0.4, -0.2) is 25.1 Å². The lowest BCUT2D eigenvalue weighted by Crippen LogP contribution is -2.26. The topological polar surface area (TPSA) is 29.5 Å². The van der Waals surface area contributed by atoms with Crippen LogP contribution in [-0.2, 0) is 16.1 Å². The lowest BCUT2D eigenvalue weighted by molar-refractivity contribution is -0.167. The van der Waals surface area contributed by atoms with Gasteiger partial charge >= 0.3 is 0 Å². The second kappa shape index (κ2) is 7.28.